The lowest BCUT2D eigenvalue weighted by atomic mass is 9.91. The first-order chi connectivity index (χ1) is 10.6. The summed E-state index contributed by atoms with van der Waals surface area (Å²) < 4.78 is 26.3. The molecular formula is C17H23ClF2N2O. The lowest BCUT2D eigenvalue weighted by molar-refractivity contribution is -0.0494. The number of halogens is 3. The molecule has 6 heteroatoms. The number of hydrogen-bond donors (Lipinski definition) is 1. The maximum Gasteiger partial charge on any atom is 0.253 e. The molecule has 2 saturated heterocycles. The van der Waals surface area contributed by atoms with Gasteiger partial charge in [-0.15, -0.1) is 12.4 Å². The summed E-state index contributed by atoms with van der Waals surface area (Å²) in [5.41, 5.74) is 1.84. The van der Waals surface area contributed by atoms with Crippen molar-refractivity contribution < 1.29 is 13.6 Å². The molecule has 0 spiro atoms. The Balaban J connectivity index is 0.00000192. The summed E-state index contributed by atoms with van der Waals surface area (Å²) in [4.78, 5) is 13.9. The van der Waals surface area contributed by atoms with Crippen molar-refractivity contribution in [2.24, 2.45) is 0 Å². The van der Waals surface area contributed by atoms with Crippen LogP contribution in [0.4, 0.5) is 8.78 Å². The molecule has 1 aromatic carbocycles. The van der Waals surface area contributed by atoms with Gasteiger partial charge in [-0.05, 0) is 43.0 Å². The number of likely N-dealkylation sites (tertiary alicyclic amines) is 1. The topological polar surface area (TPSA) is 32.3 Å². The van der Waals surface area contributed by atoms with Crippen LogP contribution in [0.15, 0.2) is 24.3 Å². The zero-order chi connectivity index (χ0) is 15.6. The minimum atomic E-state index is -2.62. The predicted molar refractivity (Wildman–Crippen MR) is 88.6 cm³/mol. The second-order valence-electron chi connectivity index (χ2n) is 6.31. The zero-order valence-corrected chi connectivity index (χ0v) is 13.9. The van der Waals surface area contributed by atoms with Crippen LogP contribution < -0.4 is 5.32 Å². The zero-order valence-electron chi connectivity index (χ0n) is 13.1. The van der Waals surface area contributed by atoms with Gasteiger partial charge in [-0.2, -0.15) is 0 Å². The summed E-state index contributed by atoms with van der Waals surface area (Å²) in [6, 6.07) is 7.67. The van der Waals surface area contributed by atoms with E-state index < -0.39 is 5.92 Å². The first kappa shape index (κ1) is 18.1. The molecule has 1 unspecified atom stereocenters. The predicted octanol–water partition coefficient (Wildman–Crippen LogP) is 3.45. The van der Waals surface area contributed by atoms with E-state index in [0.717, 1.165) is 13.1 Å². The van der Waals surface area contributed by atoms with Gasteiger partial charge in [0.15, 0.2) is 0 Å². The third kappa shape index (κ3) is 4.42. The Kier molecular flexibility index (Phi) is 5.98. The molecule has 1 aromatic rings. The Bertz CT molecular complexity index is 520. The number of piperidine rings is 2. The van der Waals surface area contributed by atoms with E-state index in [2.05, 4.69) is 5.32 Å². The van der Waals surface area contributed by atoms with Crippen LogP contribution in [0, 0.1) is 0 Å². The van der Waals surface area contributed by atoms with Crippen LogP contribution in [0.3, 0.4) is 0 Å². The summed E-state index contributed by atoms with van der Waals surface area (Å²) in [6.45, 7) is 2.33. The van der Waals surface area contributed by atoms with Crippen molar-refractivity contribution in [2.75, 3.05) is 26.2 Å². The normalized spacial score (nSPS) is 23.9. The number of nitrogens with zero attached hydrogens (tertiary/aromatic N) is 1. The fraction of sp³-hybridized carbons (Fsp3) is 0.588. The van der Waals surface area contributed by atoms with E-state index in [1.165, 1.54) is 23.3 Å². The van der Waals surface area contributed by atoms with Gasteiger partial charge in [-0.25, -0.2) is 8.78 Å². The monoisotopic (exact) mass is 344 g/mol. The molecule has 0 aromatic heterocycles. The van der Waals surface area contributed by atoms with Crippen molar-refractivity contribution in [1.82, 2.24) is 10.2 Å². The molecule has 1 N–H and O–H groups in total. The molecule has 2 fully saturated rings. The largest absolute Gasteiger partial charge is 0.338 e. The molecule has 2 aliphatic heterocycles. The van der Waals surface area contributed by atoms with E-state index in [1.807, 2.05) is 24.3 Å². The number of hydrogen-bond acceptors (Lipinski definition) is 2. The molecule has 1 amide bonds. The van der Waals surface area contributed by atoms with E-state index in [0.29, 0.717) is 11.5 Å². The van der Waals surface area contributed by atoms with Crippen molar-refractivity contribution in [3.05, 3.63) is 35.4 Å². The maximum absolute atomic E-state index is 13.2. The number of carbonyl (C=O) groups excluding carboxylic acids is 1. The average molecular weight is 345 g/mol. The Morgan fingerprint density at radius 3 is 2.39 bits per heavy atom. The highest BCUT2D eigenvalue weighted by molar-refractivity contribution is 5.94. The molecule has 128 valence electrons. The highest BCUT2D eigenvalue weighted by atomic mass is 35.5. The number of carbonyl (C=O) groups is 1. The molecule has 2 heterocycles. The number of amides is 1. The van der Waals surface area contributed by atoms with Gasteiger partial charge in [0, 0.05) is 38.0 Å². The average Bonchev–Trinajstić information content (AvgIpc) is 2.55. The Hall–Kier alpha value is -1.20. The highest BCUT2D eigenvalue weighted by Crippen LogP contribution is 2.29. The van der Waals surface area contributed by atoms with Gasteiger partial charge in [-0.3, -0.25) is 4.79 Å². The number of alkyl halides is 2. The van der Waals surface area contributed by atoms with E-state index in [-0.39, 0.29) is 44.2 Å². The fourth-order valence-electron chi connectivity index (χ4n) is 3.25. The Labute approximate surface area is 141 Å². The number of rotatable bonds is 2. The molecular weight excluding hydrogens is 322 g/mol. The van der Waals surface area contributed by atoms with E-state index in [4.69, 9.17) is 0 Å². The molecule has 2 aliphatic rings. The summed E-state index contributed by atoms with van der Waals surface area (Å²) in [5.74, 6) is -2.25. The standard InChI is InChI=1S/C17H22F2N2O.ClH/c18-17(19)7-10-21(11-8-17)16(22)14-5-3-13(4-6-14)15-2-1-9-20-12-15;/h3-6,15,20H,1-2,7-12H2;1H. The first-order valence-electron chi connectivity index (χ1n) is 8.03. The van der Waals surface area contributed by atoms with Gasteiger partial charge in [0.25, 0.3) is 11.8 Å². The molecule has 3 rings (SSSR count). The molecule has 3 nitrogen and oxygen atoms in total. The van der Waals surface area contributed by atoms with E-state index in [1.54, 1.807) is 0 Å². The van der Waals surface area contributed by atoms with Crippen LogP contribution in [0.1, 0.15) is 47.5 Å². The van der Waals surface area contributed by atoms with Gasteiger partial charge in [0.2, 0.25) is 0 Å². The lowest BCUT2D eigenvalue weighted by Crippen LogP contribution is -2.42. The molecule has 23 heavy (non-hydrogen) atoms. The smallest absolute Gasteiger partial charge is 0.253 e. The Morgan fingerprint density at radius 2 is 1.83 bits per heavy atom. The molecule has 0 bridgehead atoms. The van der Waals surface area contributed by atoms with Crippen LogP contribution in [-0.2, 0) is 0 Å². The third-order valence-electron chi connectivity index (χ3n) is 4.71. The van der Waals surface area contributed by atoms with Crippen LogP contribution in [0.5, 0.6) is 0 Å². The minimum absolute atomic E-state index is 0. The van der Waals surface area contributed by atoms with Gasteiger partial charge in [-0.1, -0.05) is 12.1 Å². The summed E-state index contributed by atoms with van der Waals surface area (Å²) in [7, 11) is 0. The lowest BCUT2D eigenvalue weighted by Gasteiger charge is -2.31. The second kappa shape index (κ2) is 7.58. The SMILES string of the molecule is Cl.O=C(c1ccc(C2CCCNC2)cc1)N1CCC(F)(F)CC1. The molecule has 0 saturated carbocycles. The highest BCUT2D eigenvalue weighted by Gasteiger charge is 2.35. The Morgan fingerprint density at radius 1 is 1.17 bits per heavy atom. The van der Waals surface area contributed by atoms with Crippen LogP contribution in [-0.4, -0.2) is 42.9 Å². The van der Waals surface area contributed by atoms with Gasteiger partial charge in [0.1, 0.15) is 0 Å². The quantitative estimate of drug-likeness (QED) is 0.891. The molecule has 0 radical (unpaired) electrons. The van der Waals surface area contributed by atoms with Gasteiger partial charge >= 0.3 is 0 Å². The summed E-state index contributed by atoms with van der Waals surface area (Å²) >= 11 is 0. The fourth-order valence-corrected chi connectivity index (χ4v) is 3.25. The van der Waals surface area contributed by atoms with Crippen molar-refractivity contribution in [3.8, 4) is 0 Å². The van der Waals surface area contributed by atoms with Gasteiger partial charge < -0.3 is 10.2 Å². The maximum atomic E-state index is 13.2. The number of benzene rings is 1. The third-order valence-corrected chi connectivity index (χ3v) is 4.71. The van der Waals surface area contributed by atoms with Crippen molar-refractivity contribution in [1.29, 1.82) is 0 Å². The van der Waals surface area contributed by atoms with Crippen LogP contribution >= 0.6 is 12.4 Å². The second-order valence-corrected chi connectivity index (χ2v) is 6.31. The van der Waals surface area contributed by atoms with Crippen molar-refractivity contribution >= 4 is 18.3 Å². The van der Waals surface area contributed by atoms with Crippen LogP contribution in [0.25, 0.3) is 0 Å². The van der Waals surface area contributed by atoms with Crippen molar-refractivity contribution in [2.45, 2.75) is 37.5 Å². The first-order valence-corrected chi connectivity index (χ1v) is 8.03. The van der Waals surface area contributed by atoms with Gasteiger partial charge in [0.05, 0.1) is 0 Å². The summed E-state index contributed by atoms with van der Waals surface area (Å²) in [5, 5.41) is 3.38. The minimum Gasteiger partial charge on any atom is -0.338 e. The number of nitrogens with one attached hydrogen (secondary N) is 1. The molecule has 1 atom stereocenters. The summed E-state index contributed by atoms with van der Waals surface area (Å²) in [6.07, 6.45) is 1.88. The van der Waals surface area contributed by atoms with E-state index >= 15 is 0 Å². The van der Waals surface area contributed by atoms with Crippen molar-refractivity contribution in [3.63, 3.8) is 0 Å². The van der Waals surface area contributed by atoms with Crippen LogP contribution in [0.2, 0.25) is 0 Å². The van der Waals surface area contributed by atoms with E-state index in [9.17, 15) is 13.6 Å². The molecule has 0 aliphatic carbocycles.